The van der Waals surface area contributed by atoms with Gasteiger partial charge in [-0.25, -0.2) is 4.98 Å². The Kier molecular flexibility index (Phi) is 5.64. The monoisotopic (exact) mass is 406 g/mol. The summed E-state index contributed by atoms with van der Waals surface area (Å²) in [5.74, 6) is -0.961. The Hall–Kier alpha value is -2.94. The van der Waals surface area contributed by atoms with Crippen LogP contribution in [0.25, 0.3) is 0 Å². The van der Waals surface area contributed by atoms with Crippen LogP contribution in [0.1, 0.15) is 24.0 Å². The van der Waals surface area contributed by atoms with Crippen molar-refractivity contribution >= 4 is 29.1 Å². The number of anilines is 1. The highest BCUT2D eigenvalue weighted by atomic mass is 35.5. The normalized spacial score (nSPS) is 14.8. The van der Waals surface area contributed by atoms with Crippen LogP contribution in [0.15, 0.2) is 18.5 Å². The van der Waals surface area contributed by atoms with E-state index in [4.69, 9.17) is 21.4 Å². The first-order chi connectivity index (χ1) is 13.3. The first-order valence-electron chi connectivity index (χ1n) is 8.69. The third-order valence-corrected chi connectivity index (χ3v) is 5.32. The molecule has 1 aliphatic rings. The lowest BCUT2D eigenvalue weighted by molar-refractivity contribution is -0.385. The zero-order valence-corrected chi connectivity index (χ0v) is 16.1. The molecule has 0 amide bonds. The molecule has 0 bridgehead atoms. The highest BCUT2D eigenvalue weighted by Crippen LogP contribution is 2.38. The van der Waals surface area contributed by atoms with Crippen LogP contribution in [0, 0.1) is 29.9 Å². The van der Waals surface area contributed by atoms with E-state index in [9.17, 15) is 14.9 Å². The summed E-state index contributed by atoms with van der Waals surface area (Å²) in [6.45, 7) is 4.34. The molecule has 1 aliphatic heterocycles. The molecule has 28 heavy (non-hydrogen) atoms. The van der Waals surface area contributed by atoms with Crippen LogP contribution in [0.2, 0.25) is 5.02 Å². The zero-order valence-electron chi connectivity index (χ0n) is 15.4. The summed E-state index contributed by atoms with van der Waals surface area (Å²) in [6.07, 6.45) is 1.99. The molecular weight excluding hydrogens is 388 g/mol. The van der Waals surface area contributed by atoms with Crippen molar-refractivity contribution in [1.82, 2.24) is 9.97 Å². The molecule has 0 saturated carbocycles. The van der Waals surface area contributed by atoms with Gasteiger partial charge in [0.15, 0.2) is 0 Å². The molecule has 1 aromatic carbocycles. The number of carboxylic acids is 1. The second kappa shape index (κ2) is 7.97. The zero-order chi connectivity index (χ0) is 20.4. The molecule has 2 heterocycles. The Morgan fingerprint density at radius 3 is 2.43 bits per heavy atom. The summed E-state index contributed by atoms with van der Waals surface area (Å²) in [5.41, 5.74) is 1.22. The van der Waals surface area contributed by atoms with E-state index in [-0.39, 0.29) is 17.4 Å². The molecule has 2 aromatic rings. The summed E-state index contributed by atoms with van der Waals surface area (Å²) >= 11 is 6.16. The predicted octanol–water partition coefficient (Wildman–Crippen LogP) is 3.75. The Morgan fingerprint density at radius 1 is 1.29 bits per heavy atom. The largest absolute Gasteiger partial charge is 0.481 e. The number of rotatable bonds is 5. The maximum Gasteiger partial charge on any atom is 0.373 e. The van der Waals surface area contributed by atoms with Crippen LogP contribution >= 0.6 is 11.6 Å². The number of halogens is 1. The number of nitrogens with zero attached hydrogens (tertiary/aromatic N) is 4. The minimum atomic E-state index is -0.852. The number of aryl methyl sites for hydroxylation is 2. The lowest BCUT2D eigenvalue weighted by Crippen LogP contribution is -2.37. The Bertz CT molecular complexity index is 905. The van der Waals surface area contributed by atoms with Gasteiger partial charge < -0.3 is 14.7 Å². The third-order valence-electron chi connectivity index (χ3n) is 4.72. The molecular formula is C18H19ClN4O5. The number of benzene rings is 1. The molecule has 0 radical (unpaired) electrons. The van der Waals surface area contributed by atoms with E-state index in [2.05, 4.69) is 9.97 Å². The molecule has 1 saturated heterocycles. The molecule has 3 rings (SSSR count). The number of carbonyl (C=O) groups is 1. The molecule has 1 N–H and O–H groups in total. The lowest BCUT2D eigenvalue weighted by Gasteiger charge is -2.30. The molecule has 9 nitrogen and oxygen atoms in total. The molecule has 148 valence electrons. The number of nitro groups is 1. The summed E-state index contributed by atoms with van der Waals surface area (Å²) in [7, 11) is 0. The smallest absolute Gasteiger partial charge is 0.373 e. The van der Waals surface area contributed by atoms with Crippen molar-refractivity contribution in [2.24, 2.45) is 5.92 Å². The van der Waals surface area contributed by atoms with Gasteiger partial charge in [0, 0.05) is 18.1 Å². The fourth-order valence-corrected chi connectivity index (χ4v) is 3.34. The van der Waals surface area contributed by atoms with E-state index >= 15 is 0 Å². The van der Waals surface area contributed by atoms with Crippen LogP contribution < -0.4 is 9.64 Å². The minimum Gasteiger partial charge on any atom is -0.481 e. The van der Waals surface area contributed by atoms with E-state index in [1.54, 1.807) is 17.0 Å². The van der Waals surface area contributed by atoms with Gasteiger partial charge in [-0.15, -0.1) is 0 Å². The highest BCUT2D eigenvalue weighted by Gasteiger charge is 2.32. The average molecular weight is 407 g/mol. The summed E-state index contributed by atoms with van der Waals surface area (Å²) in [4.78, 5) is 32.0. The van der Waals surface area contributed by atoms with E-state index in [1.165, 1.54) is 6.33 Å². The first kappa shape index (κ1) is 19.8. The number of hydrogen-bond acceptors (Lipinski definition) is 7. The maximum atomic E-state index is 11.7. The molecule has 10 heteroatoms. The van der Waals surface area contributed by atoms with E-state index in [0.717, 1.165) is 11.1 Å². The van der Waals surface area contributed by atoms with E-state index in [1.807, 2.05) is 13.8 Å². The van der Waals surface area contributed by atoms with Gasteiger partial charge in [0.2, 0.25) is 5.82 Å². The molecule has 1 aromatic heterocycles. The SMILES string of the molecule is Cc1cc(Oc2ncnc(N3CCC(C(=O)O)CC3)c2[N+](=O)[O-])cc(C)c1Cl. The van der Waals surface area contributed by atoms with Crippen molar-refractivity contribution < 1.29 is 19.6 Å². The van der Waals surface area contributed by atoms with Gasteiger partial charge in [0.1, 0.15) is 12.1 Å². The minimum absolute atomic E-state index is 0.126. The Labute approximate surface area is 166 Å². The number of piperidine rings is 1. The third kappa shape index (κ3) is 3.99. The standard InChI is InChI=1S/C18H19ClN4O5/c1-10-7-13(8-11(2)14(10)19)28-17-15(23(26)27)16(20-9-21-17)22-5-3-12(4-6-22)18(24)25/h7-9,12H,3-6H2,1-2H3,(H,24,25). The molecule has 0 aliphatic carbocycles. The van der Waals surface area contributed by atoms with Crippen molar-refractivity contribution in [2.75, 3.05) is 18.0 Å². The van der Waals surface area contributed by atoms with Crippen molar-refractivity contribution in [3.05, 3.63) is 44.7 Å². The van der Waals surface area contributed by atoms with Gasteiger partial charge in [-0.2, -0.15) is 4.98 Å². The fraction of sp³-hybridized carbons (Fsp3) is 0.389. The Balaban J connectivity index is 1.92. The van der Waals surface area contributed by atoms with Crippen LogP contribution in [0.4, 0.5) is 11.5 Å². The van der Waals surface area contributed by atoms with Gasteiger partial charge in [0.05, 0.1) is 10.8 Å². The maximum absolute atomic E-state index is 11.7. The number of carboxylic acid groups (broad SMARTS) is 1. The van der Waals surface area contributed by atoms with Crippen LogP contribution in [0.5, 0.6) is 11.6 Å². The van der Waals surface area contributed by atoms with Crippen LogP contribution in [-0.2, 0) is 4.79 Å². The van der Waals surface area contributed by atoms with Crippen molar-refractivity contribution in [2.45, 2.75) is 26.7 Å². The van der Waals surface area contributed by atoms with Gasteiger partial charge in [-0.05, 0) is 49.9 Å². The first-order valence-corrected chi connectivity index (χ1v) is 9.07. The van der Waals surface area contributed by atoms with Gasteiger partial charge in [-0.1, -0.05) is 11.6 Å². The topological polar surface area (TPSA) is 119 Å². The average Bonchev–Trinajstić information content (AvgIpc) is 2.65. The van der Waals surface area contributed by atoms with Crippen molar-refractivity contribution in [3.63, 3.8) is 0 Å². The quantitative estimate of drug-likeness (QED) is 0.589. The van der Waals surface area contributed by atoms with Gasteiger partial charge in [-0.3, -0.25) is 14.9 Å². The van der Waals surface area contributed by atoms with Crippen molar-refractivity contribution in [1.29, 1.82) is 0 Å². The fourth-order valence-electron chi connectivity index (χ4n) is 3.23. The molecule has 0 unspecified atom stereocenters. The number of aromatic nitrogens is 2. The number of ether oxygens (including phenoxy) is 1. The van der Waals surface area contributed by atoms with Crippen LogP contribution in [0.3, 0.4) is 0 Å². The summed E-state index contributed by atoms with van der Waals surface area (Å²) < 4.78 is 5.71. The number of hydrogen-bond donors (Lipinski definition) is 1. The van der Waals surface area contributed by atoms with E-state index in [0.29, 0.717) is 36.7 Å². The second-order valence-corrected chi connectivity index (χ2v) is 7.06. The number of aliphatic carboxylic acids is 1. The Morgan fingerprint density at radius 2 is 1.89 bits per heavy atom. The summed E-state index contributed by atoms with van der Waals surface area (Å²) in [5, 5.41) is 21.5. The molecule has 0 spiro atoms. The van der Waals surface area contributed by atoms with Gasteiger partial charge in [0.25, 0.3) is 0 Å². The van der Waals surface area contributed by atoms with Gasteiger partial charge >= 0.3 is 17.5 Å². The van der Waals surface area contributed by atoms with E-state index < -0.39 is 16.8 Å². The molecule has 1 fully saturated rings. The summed E-state index contributed by atoms with van der Waals surface area (Å²) in [6, 6.07) is 3.36. The highest BCUT2D eigenvalue weighted by molar-refractivity contribution is 6.32. The predicted molar refractivity (Wildman–Crippen MR) is 102 cm³/mol. The molecule has 0 atom stereocenters. The lowest BCUT2D eigenvalue weighted by atomic mass is 9.97. The second-order valence-electron chi connectivity index (χ2n) is 6.68. The van der Waals surface area contributed by atoms with Crippen molar-refractivity contribution in [3.8, 4) is 11.6 Å². The van der Waals surface area contributed by atoms with Crippen LogP contribution in [-0.4, -0.2) is 39.1 Å².